The van der Waals surface area contributed by atoms with Gasteiger partial charge in [0.15, 0.2) is 0 Å². The second kappa shape index (κ2) is 10.3. The van der Waals surface area contributed by atoms with Crippen molar-refractivity contribution in [3.05, 3.63) is 35.5 Å². The lowest BCUT2D eigenvalue weighted by Crippen LogP contribution is -2.39. The molecule has 182 valence electrons. The lowest BCUT2D eigenvalue weighted by molar-refractivity contribution is 0.0544. The summed E-state index contributed by atoms with van der Waals surface area (Å²) in [6.07, 6.45) is 12.0. The Morgan fingerprint density at radius 2 is 1.94 bits per heavy atom. The maximum absolute atomic E-state index is 10.2. The van der Waals surface area contributed by atoms with Crippen LogP contribution in [0.3, 0.4) is 0 Å². The first kappa shape index (κ1) is 26.0. The molecule has 0 aromatic heterocycles. The van der Waals surface area contributed by atoms with Gasteiger partial charge in [-0.15, -0.1) is 11.6 Å². The number of halogens is 1. The minimum Gasteiger partial charge on any atom is -0.393 e. The summed E-state index contributed by atoms with van der Waals surface area (Å²) in [5.74, 6) is 3.10. The molecule has 0 unspecified atom stereocenters. The Kier molecular flexibility index (Phi) is 8.40. The lowest BCUT2D eigenvalue weighted by Gasteiger charge is -2.47. The van der Waals surface area contributed by atoms with Crippen LogP contribution in [0, 0.1) is 29.1 Å². The van der Waals surface area contributed by atoms with Gasteiger partial charge < -0.3 is 15.3 Å². The number of alkyl halides is 1. The molecule has 3 aliphatic rings. The molecule has 0 aromatic carbocycles. The fourth-order valence-electron chi connectivity index (χ4n) is 7.09. The van der Waals surface area contributed by atoms with Crippen LogP contribution < -0.4 is 0 Å². The summed E-state index contributed by atoms with van der Waals surface area (Å²) < 4.78 is 0. The molecule has 7 atom stereocenters. The van der Waals surface area contributed by atoms with Gasteiger partial charge in [0.05, 0.1) is 17.8 Å². The molecule has 3 aliphatic carbocycles. The molecule has 3 N–H and O–H groups in total. The Balaban J connectivity index is 1.78. The molecule has 3 saturated carbocycles. The minimum absolute atomic E-state index is 0.263. The molecule has 0 aromatic rings. The SMILES string of the molecule is C=C1/C(=C\C=C2/C[C@H](CCl)C[C@]3(C)[C@@H]([C@H](C)CCCC(C)(C)O)CC[C@@H]23)C[C@@H](O)C[C@@H]1O. The van der Waals surface area contributed by atoms with E-state index in [2.05, 4.69) is 32.6 Å². The van der Waals surface area contributed by atoms with E-state index in [0.29, 0.717) is 42.4 Å². The first-order chi connectivity index (χ1) is 14.9. The van der Waals surface area contributed by atoms with Gasteiger partial charge in [-0.1, -0.05) is 51.0 Å². The van der Waals surface area contributed by atoms with Crippen LogP contribution in [0.4, 0.5) is 0 Å². The van der Waals surface area contributed by atoms with Gasteiger partial charge in [-0.25, -0.2) is 0 Å². The highest BCUT2D eigenvalue weighted by Gasteiger charge is 2.52. The van der Waals surface area contributed by atoms with E-state index in [9.17, 15) is 15.3 Å². The van der Waals surface area contributed by atoms with Crippen molar-refractivity contribution in [3.8, 4) is 0 Å². The zero-order valence-electron chi connectivity index (χ0n) is 20.6. The normalized spacial score (nSPS) is 39.5. The van der Waals surface area contributed by atoms with E-state index in [1.54, 1.807) is 0 Å². The van der Waals surface area contributed by atoms with Gasteiger partial charge in [0.25, 0.3) is 0 Å². The molecule has 0 amide bonds. The molecule has 0 saturated heterocycles. The number of rotatable bonds is 7. The molecule has 0 aliphatic heterocycles. The van der Waals surface area contributed by atoms with Crippen molar-refractivity contribution < 1.29 is 15.3 Å². The second-order valence-electron chi connectivity index (χ2n) is 11.9. The van der Waals surface area contributed by atoms with Crippen molar-refractivity contribution in [3.63, 3.8) is 0 Å². The van der Waals surface area contributed by atoms with Crippen LogP contribution in [0.1, 0.15) is 85.5 Å². The maximum atomic E-state index is 10.2. The Bertz CT molecular complexity index is 733. The molecular weight excluding hydrogens is 420 g/mol. The van der Waals surface area contributed by atoms with Crippen LogP contribution in [0.25, 0.3) is 0 Å². The van der Waals surface area contributed by atoms with Crippen LogP contribution in [0.2, 0.25) is 0 Å². The topological polar surface area (TPSA) is 60.7 Å². The first-order valence-electron chi connectivity index (χ1n) is 12.7. The molecule has 0 bridgehead atoms. The zero-order valence-corrected chi connectivity index (χ0v) is 21.4. The zero-order chi connectivity index (χ0) is 23.7. The van der Waals surface area contributed by atoms with Crippen molar-refractivity contribution in [2.75, 3.05) is 5.88 Å². The smallest absolute Gasteiger partial charge is 0.0811 e. The number of fused-ring (bicyclic) bond motifs is 1. The van der Waals surface area contributed by atoms with Crippen molar-refractivity contribution in [2.45, 2.75) is 103 Å². The Hall–Kier alpha value is -0.610. The summed E-state index contributed by atoms with van der Waals surface area (Å²) in [7, 11) is 0. The van der Waals surface area contributed by atoms with Crippen molar-refractivity contribution >= 4 is 11.6 Å². The summed E-state index contributed by atoms with van der Waals surface area (Å²) in [6.45, 7) is 12.8. The lowest BCUT2D eigenvalue weighted by atomic mass is 9.58. The van der Waals surface area contributed by atoms with Crippen LogP contribution in [0.5, 0.6) is 0 Å². The summed E-state index contributed by atoms with van der Waals surface area (Å²) >= 11 is 6.42. The third-order valence-corrected chi connectivity index (χ3v) is 9.16. The summed E-state index contributed by atoms with van der Waals surface area (Å²) in [6, 6.07) is 0. The highest BCUT2D eigenvalue weighted by atomic mass is 35.5. The van der Waals surface area contributed by atoms with Crippen molar-refractivity contribution in [2.24, 2.45) is 29.1 Å². The molecular formula is C28H45ClO3. The quantitative estimate of drug-likeness (QED) is 0.395. The fourth-order valence-corrected chi connectivity index (χ4v) is 7.31. The average molecular weight is 465 g/mol. The third-order valence-electron chi connectivity index (χ3n) is 8.73. The van der Waals surface area contributed by atoms with E-state index in [-0.39, 0.29) is 5.41 Å². The summed E-state index contributed by atoms with van der Waals surface area (Å²) in [5, 5.41) is 30.4. The molecule has 3 rings (SSSR count). The summed E-state index contributed by atoms with van der Waals surface area (Å²) in [5.41, 5.74) is 2.91. The molecule has 4 heteroatoms. The standard InChI is InChI=1S/C28H45ClO3/c1-18(7-6-12-27(3,4)32)24-10-11-25-22(13-20(17-29)16-28(24,25)5)9-8-21-14-23(30)15-26(31)19(21)2/h8-9,18,20,23-26,30-32H,2,6-7,10-17H2,1,3-5H3/b21-8-,22-9+/t18-,20+,23-,24-,25+,26+,28-/m1/s1. The van der Waals surface area contributed by atoms with E-state index in [1.807, 2.05) is 13.8 Å². The highest BCUT2D eigenvalue weighted by Crippen LogP contribution is 2.61. The van der Waals surface area contributed by atoms with Crippen LogP contribution in [-0.2, 0) is 0 Å². The van der Waals surface area contributed by atoms with E-state index in [1.165, 1.54) is 31.3 Å². The number of allylic oxidation sites excluding steroid dienone is 3. The van der Waals surface area contributed by atoms with Gasteiger partial charge in [-0.3, -0.25) is 0 Å². The van der Waals surface area contributed by atoms with Gasteiger partial charge >= 0.3 is 0 Å². The van der Waals surface area contributed by atoms with E-state index >= 15 is 0 Å². The number of hydrogen-bond acceptors (Lipinski definition) is 3. The maximum Gasteiger partial charge on any atom is 0.0811 e. The number of hydrogen-bond donors (Lipinski definition) is 3. The number of aliphatic hydroxyl groups is 3. The molecule has 3 nitrogen and oxygen atoms in total. The van der Waals surface area contributed by atoms with E-state index in [4.69, 9.17) is 11.6 Å². The van der Waals surface area contributed by atoms with Gasteiger partial charge in [0.2, 0.25) is 0 Å². The van der Waals surface area contributed by atoms with Gasteiger partial charge in [-0.2, -0.15) is 0 Å². The third kappa shape index (κ3) is 5.90. The van der Waals surface area contributed by atoms with Crippen LogP contribution in [-0.4, -0.2) is 39.0 Å². The predicted molar refractivity (Wildman–Crippen MR) is 134 cm³/mol. The Morgan fingerprint density at radius 3 is 2.59 bits per heavy atom. The summed E-state index contributed by atoms with van der Waals surface area (Å²) in [4.78, 5) is 0. The average Bonchev–Trinajstić information content (AvgIpc) is 3.05. The molecule has 0 spiro atoms. The van der Waals surface area contributed by atoms with Crippen LogP contribution in [0.15, 0.2) is 35.5 Å². The Labute approximate surface area is 200 Å². The molecule has 3 fully saturated rings. The van der Waals surface area contributed by atoms with Crippen LogP contribution >= 0.6 is 11.6 Å². The van der Waals surface area contributed by atoms with E-state index in [0.717, 1.165) is 30.4 Å². The fraction of sp³-hybridized carbons (Fsp3) is 0.786. The van der Waals surface area contributed by atoms with Gasteiger partial charge in [0, 0.05) is 12.3 Å². The molecule has 0 radical (unpaired) electrons. The monoisotopic (exact) mass is 464 g/mol. The van der Waals surface area contributed by atoms with Crippen molar-refractivity contribution in [1.82, 2.24) is 0 Å². The first-order valence-corrected chi connectivity index (χ1v) is 13.2. The highest BCUT2D eigenvalue weighted by molar-refractivity contribution is 6.18. The van der Waals surface area contributed by atoms with Crippen molar-refractivity contribution in [1.29, 1.82) is 0 Å². The van der Waals surface area contributed by atoms with Gasteiger partial charge in [-0.05, 0) is 92.6 Å². The Morgan fingerprint density at radius 1 is 1.22 bits per heavy atom. The minimum atomic E-state index is -0.642. The molecule has 32 heavy (non-hydrogen) atoms. The number of aliphatic hydroxyl groups excluding tert-OH is 2. The van der Waals surface area contributed by atoms with Gasteiger partial charge in [0.1, 0.15) is 0 Å². The predicted octanol–water partition coefficient (Wildman–Crippen LogP) is 6.17. The van der Waals surface area contributed by atoms with E-state index < -0.39 is 17.8 Å². The molecule has 0 heterocycles. The largest absolute Gasteiger partial charge is 0.393 e. The second-order valence-corrected chi connectivity index (χ2v) is 12.2.